The van der Waals surface area contributed by atoms with E-state index in [4.69, 9.17) is 27.6 Å². The monoisotopic (exact) mass is 407 g/mol. The zero-order chi connectivity index (χ0) is 19.7. The van der Waals surface area contributed by atoms with E-state index >= 15 is 0 Å². The first-order chi connectivity index (χ1) is 13.5. The Hall–Kier alpha value is -2.88. The molecule has 0 saturated carbocycles. The fraction of sp³-hybridized carbons (Fsp3) is 0.0435. The Labute approximate surface area is 172 Å². The van der Waals surface area contributed by atoms with Gasteiger partial charge in [-0.2, -0.15) is 0 Å². The van der Waals surface area contributed by atoms with Crippen molar-refractivity contribution in [3.8, 4) is 0 Å². The Morgan fingerprint density at radius 1 is 0.964 bits per heavy atom. The van der Waals surface area contributed by atoms with Crippen LogP contribution in [0.25, 0.3) is 22.7 Å². The predicted octanol–water partition coefficient (Wildman–Crippen LogP) is 6.87. The van der Waals surface area contributed by atoms with Crippen molar-refractivity contribution in [1.29, 1.82) is 0 Å². The highest BCUT2D eigenvalue weighted by atomic mass is 35.5. The molecule has 4 rings (SSSR count). The Bertz CT molecular complexity index is 1170. The maximum Gasteiger partial charge on any atom is 0.231 e. The largest absolute Gasteiger partial charge is 0.436 e. The van der Waals surface area contributed by atoms with Gasteiger partial charge in [0.2, 0.25) is 5.89 Å². The van der Waals surface area contributed by atoms with Gasteiger partial charge in [0.1, 0.15) is 5.52 Å². The number of rotatable bonds is 4. The van der Waals surface area contributed by atoms with Crippen molar-refractivity contribution >= 4 is 51.7 Å². The molecule has 3 aromatic carbocycles. The van der Waals surface area contributed by atoms with E-state index in [0.717, 1.165) is 11.1 Å². The van der Waals surface area contributed by atoms with Crippen LogP contribution in [0.15, 0.2) is 71.1 Å². The quantitative estimate of drug-likeness (QED) is 0.273. The molecule has 5 heteroatoms. The summed E-state index contributed by atoms with van der Waals surface area (Å²) in [5.74, 6) is 0.0791. The van der Waals surface area contributed by atoms with E-state index < -0.39 is 0 Å². The highest BCUT2D eigenvalue weighted by Crippen LogP contribution is 2.29. The van der Waals surface area contributed by atoms with Crippen LogP contribution in [0.2, 0.25) is 10.0 Å². The third-order valence-electron chi connectivity index (χ3n) is 4.34. The van der Waals surface area contributed by atoms with Gasteiger partial charge in [0.05, 0.1) is 15.6 Å². The SMILES string of the molecule is Cc1ccc(C(=O)C(=Cc2ccc(Cl)c(Cl)c2)c2nc3ccccc3o2)cc1. The summed E-state index contributed by atoms with van der Waals surface area (Å²) in [5.41, 5.74) is 4.02. The number of oxazole rings is 1. The van der Waals surface area contributed by atoms with Gasteiger partial charge in [-0.3, -0.25) is 4.79 Å². The minimum Gasteiger partial charge on any atom is -0.436 e. The van der Waals surface area contributed by atoms with Crippen molar-refractivity contribution in [2.75, 3.05) is 0 Å². The van der Waals surface area contributed by atoms with E-state index in [-0.39, 0.29) is 11.7 Å². The highest BCUT2D eigenvalue weighted by Gasteiger charge is 2.20. The van der Waals surface area contributed by atoms with E-state index in [9.17, 15) is 4.79 Å². The van der Waals surface area contributed by atoms with Gasteiger partial charge in [-0.25, -0.2) is 4.98 Å². The number of aromatic nitrogens is 1. The van der Waals surface area contributed by atoms with Gasteiger partial charge in [0.25, 0.3) is 0 Å². The zero-order valence-corrected chi connectivity index (χ0v) is 16.5. The summed E-state index contributed by atoms with van der Waals surface area (Å²) < 4.78 is 5.86. The number of carbonyl (C=O) groups excluding carboxylic acids is 1. The molecule has 0 bridgehead atoms. The number of ketones is 1. The summed E-state index contributed by atoms with van der Waals surface area (Å²) in [4.78, 5) is 17.8. The third-order valence-corrected chi connectivity index (χ3v) is 5.08. The molecular formula is C23H15Cl2NO2. The lowest BCUT2D eigenvalue weighted by Gasteiger charge is -2.05. The fourth-order valence-electron chi connectivity index (χ4n) is 2.84. The second kappa shape index (κ2) is 7.63. The number of hydrogen-bond acceptors (Lipinski definition) is 3. The molecule has 0 aliphatic carbocycles. The number of hydrogen-bond donors (Lipinski definition) is 0. The predicted molar refractivity (Wildman–Crippen MR) is 114 cm³/mol. The summed E-state index contributed by atoms with van der Waals surface area (Å²) in [6, 6.07) is 20.0. The number of fused-ring (bicyclic) bond motifs is 1. The Balaban J connectivity index is 1.86. The van der Waals surface area contributed by atoms with Gasteiger partial charge in [0.15, 0.2) is 11.4 Å². The average Bonchev–Trinajstić information content (AvgIpc) is 3.12. The minimum absolute atomic E-state index is 0.183. The van der Waals surface area contributed by atoms with E-state index in [1.54, 1.807) is 36.4 Å². The van der Waals surface area contributed by atoms with Crippen LogP contribution in [0.4, 0.5) is 0 Å². The van der Waals surface area contributed by atoms with Crippen molar-refractivity contribution < 1.29 is 9.21 Å². The van der Waals surface area contributed by atoms with Gasteiger partial charge >= 0.3 is 0 Å². The summed E-state index contributed by atoms with van der Waals surface area (Å²) >= 11 is 12.1. The van der Waals surface area contributed by atoms with Crippen molar-refractivity contribution in [3.63, 3.8) is 0 Å². The number of carbonyl (C=O) groups is 1. The number of aryl methyl sites for hydroxylation is 1. The smallest absolute Gasteiger partial charge is 0.231 e. The molecule has 0 atom stereocenters. The first kappa shape index (κ1) is 18.5. The summed E-state index contributed by atoms with van der Waals surface area (Å²) in [6.45, 7) is 1.97. The normalized spacial score (nSPS) is 11.8. The lowest BCUT2D eigenvalue weighted by molar-refractivity contribution is 0.105. The average molecular weight is 408 g/mol. The van der Waals surface area contributed by atoms with Crippen molar-refractivity contribution in [2.24, 2.45) is 0 Å². The van der Waals surface area contributed by atoms with Gasteiger partial charge in [-0.15, -0.1) is 0 Å². The number of nitrogens with zero attached hydrogens (tertiary/aromatic N) is 1. The second-order valence-corrected chi connectivity index (χ2v) is 7.23. The van der Waals surface area contributed by atoms with Gasteiger partial charge in [-0.05, 0) is 42.8 Å². The molecular weight excluding hydrogens is 393 g/mol. The number of Topliss-reactive ketones (excluding diaryl/α,β-unsaturated/α-hetero) is 1. The number of benzene rings is 3. The molecule has 0 unspecified atom stereocenters. The van der Waals surface area contributed by atoms with Crippen LogP contribution < -0.4 is 0 Å². The van der Waals surface area contributed by atoms with E-state index in [0.29, 0.717) is 32.3 Å². The van der Waals surface area contributed by atoms with E-state index in [1.165, 1.54) is 0 Å². The first-order valence-corrected chi connectivity index (χ1v) is 9.41. The highest BCUT2D eigenvalue weighted by molar-refractivity contribution is 6.42. The van der Waals surface area contributed by atoms with Crippen molar-refractivity contribution in [3.05, 3.63) is 99.4 Å². The van der Waals surface area contributed by atoms with Crippen LogP contribution in [0, 0.1) is 6.92 Å². The lowest BCUT2D eigenvalue weighted by atomic mass is 10.00. The molecule has 0 saturated heterocycles. The number of para-hydroxylation sites is 2. The Kier molecular flexibility index (Phi) is 5.03. The molecule has 28 heavy (non-hydrogen) atoms. The molecule has 4 aromatic rings. The molecule has 0 N–H and O–H groups in total. The van der Waals surface area contributed by atoms with Crippen LogP contribution in [0.3, 0.4) is 0 Å². The molecule has 0 aliphatic heterocycles. The van der Waals surface area contributed by atoms with Crippen molar-refractivity contribution in [2.45, 2.75) is 6.92 Å². The van der Waals surface area contributed by atoms with Crippen LogP contribution in [-0.2, 0) is 0 Å². The third kappa shape index (κ3) is 3.72. The van der Waals surface area contributed by atoms with Crippen LogP contribution in [0.1, 0.15) is 27.4 Å². The molecule has 0 radical (unpaired) electrons. The summed E-state index contributed by atoms with van der Waals surface area (Å²) in [7, 11) is 0. The van der Waals surface area contributed by atoms with Crippen LogP contribution >= 0.6 is 23.2 Å². The van der Waals surface area contributed by atoms with Crippen molar-refractivity contribution in [1.82, 2.24) is 4.98 Å². The van der Waals surface area contributed by atoms with Crippen LogP contribution in [0.5, 0.6) is 0 Å². The summed E-state index contributed by atoms with van der Waals surface area (Å²) in [5, 5.41) is 0.863. The van der Waals surface area contributed by atoms with Gasteiger partial charge < -0.3 is 4.42 Å². The lowest BCUT2D eigenvalue weighted by Crippen LogP contribution is -2.03. The molecule has 138 valence electrons. The Morgan fingerprint density at radius 2 is 1.71 bits per heavy atom. The number of allylic oxidation sites excluding steroid dienone is 1. The molecule has 1 heterocycles. The maximum atomic E-state index is 13.3. The molecule has 0 spiro atoms. The van der Waals surface area contributed by atoms with Crippen LogP contribution in [-0.4, -0.2) is 10.8 Å². The Morgan fingerprint density at radius 3 is 2.43 bits per heavy atom. The molecule has 3 nitrogen and oxygen atoms in total. The fourth-order valence-corrected chi connectivity index (χ4v) is 3.15. The zero-order valence-electron chi connectivity index (χ0n) is 14.9. The maximum absolute atomic E-state index is 13.3. The topological polar surface area (TPSA) is 43.1 Å². The van der Waals surface area contributed by atoms with E-state index in [2.05, 4.69) is 4.98 Å². The molecule has 0 fully saturated rings. The number of halogens is 2. The van der Waals surface area contributed by atoms with Gasteiger partial charge in [-0.1, -0.05) is 71.2 Å². The first-order valence-electron chi connectivity index (χ1n) is 8.65. The summed E-state index contributed by atoms with van der Waals surface area (Å²) in [6.07, 6.45) is 1.72. The standard InChI is InChI=1S/C23H15Cl2NO2/c1-14-6-9-16(10-7-14)22(27)17(12-15-8-11-18(24)19(25)13-15)23-26-20-4-2-3-5-21(20)28-23/h2-13H,1H3. The molecule has 0 aliphatic rings. The van der Waals surface area contributed by atoms with E-state index in [1.807, 2.05) is 43.3 Å². The molecule has 0 amide bonds. The van der Waals surface area contributed by atoms with Gasteiger partial charge in [0, 0.05) is 5.56 Å². The second-order valence-electron chi connectivity index (χ2n) is 6.41. The minimum atomic E-state index is -0.183. The molecule has 1 aromatic heterocycles.